The molecule has 0 spiro atoms. The van der Waals surface area contributed by atoms with Crippen molar-refractivity contribution in [2.45, 2.75) is 16.6 Å². The van der Waals surface area contributed by atoms with Gasteiger partial charge in [-0.2, -0.15) is 0 Å². The van der Waals surface area contributed by atoms with Gasteiger partial charge >= 0.3 is 11.9 Å². The van der Waals surface area contributed by atoms with Crippen LogP contribution in [0.1, 0.15) is 6.42 Å². The number of hydrogen-bond donors (Lipinski definition) is 0. The molecule has 78 valence electrons. The quantitative estimate of drug-likeness (QED) is 0.590. The van der Waals surface area contributed by atoms with Gasteiger partial charge < -0.3 is 4.74 Å². The first-order valence-corrected chi connectivity index (χ1v) is 5.58. The normalized spacial score (nSPS) is 20.5. The first-order chi connectivity index (χ1) is 7.16. The molecule has 0 aromatic heterocycles. The monoisotopic (exact) mass is 242 g/mol. The Bertz CT molecular complexity index is 419. The second-order valence-corrected chi connectivity index (χ2v) is 4.69. The average Bonchev–Trinajstić information content (AvgIpc) is 2.49. The van der Waals surface area contributed by atoms with E-state index in [-0.39, 0.29) is 6.42 Å². The van der Waals surface area contributed by atoms with Crippen molar-refractivity contribution in [1.29, 1.82) is 0 Å². The number of cyclic esters (lactones) is 2. The van der Waals surface area contributed by atoms with Crippen LogP contribution in [0, 0.1) is 0 Å². The summed E-state index contributed by atoms with van der Waals surface area (Å²) in [6.07, 6.45) is 0.120. The van der Waals surface area contributed by atoms with Crippen molar-refractivity contribution in [1.82, 2.24) is 0 Å². The van der Waals surface area contributed by atoms with Crippen LogP contribution in [0.4, 0.5) is 0 Å². The zero-order valence-electron chi connectivity index (χ0n) is 7.60. The predicted molar refractivity (Wildman–Crippen MR) is 56.8 cm³/mol. The zero-order valence-corrected chi connectivity index (χ0v) is 9.18. The number of hydrogen-bond acceptors (Lipinski definition) is 4. The standard InChI is InChI=1S/C10H7ClO3S/c11-6-3-1-2-4-7(6)15-8-5-9(12)14-10(8)13/h1-4,8H,5H2. The van der Waals surface area contributed by atoms with E-state index in [9.17, 15) is 9.59 Å². The third-order valence-electron chi connectivity index (χ3n) is 1.94. The number of ether oxygens (including phenoxy) is 1. The van der Waals surface area contributed by atoms with Crippen molar-refractivity contribution in [3.63, 3.8) is 0 Å². The maximum Gasteiger partial charge on any atom is 0.327 e. The third kappa shape index (κ3) is 2.33. The van der Waals surface area contributed by atoms with Crippen molar-refractivity contribution < 1.29 is 14.3 Å². The van der Waals surface area contributed by atoms with Crippen molar-refractivity contribution in [3.8, 4) is 0 Å². The van der Waals surface area contributed by atoms with E-state index in [2.05, 4.69) is 4.74 Å². The molecule has 1 aliphatic heterocycles. The SMILES string of the molecule is O=C1CC(Sc2ccccc2Cl)C(=O)O1. The van der Waals surface area contributed by atoms with Gasteiger partial charge in [0.2, 0.25) is 0 Å². The molecule has 2 rings (SSSR count). The minimum Gasteiger partial charge on any atom is -0.392 e. The van der Waals surface area contributed by atoms with E-state index < -0.39 is 17.2 Å². The molecule has 1 aromatic carbocycles. The lowest BCUT2D eigenvalue weighted by atomic mass is 10.3. The van der Waals surface area contributed by atoms with Crippen molar-refractivity contribution in [2.75, 3.05) is 0 Å². The van der Waals surface area contributed by atoms with E-state index in [1.807, 2.05) is 18.2 Å². The first kappa shape index (κ1) is 10.5. The lowest BCUT2D eigenvalue weighted by molar-refractivity contribution is -0.151. The Morgan fingerprint density at radius 3 is 2.67 bits per heavy atom. The van der Waals surface area contributed by atoms with Gasteiger partial charge in [0.05, 0.1) is 11.4 Å². The molecule has 1 aromatic rings. The number of esters is 2. The van der Waals surface area contributed by atoms with Gasteiger partial charge in [-0.25, -0.2) is 0 Å². The van der Waals surface area contributed by atoms with E-state index in [1.54, 1.807) is 6.07 Å². The fraction of sp³-hybridized carbons (Fsp3) is 0.200. The van der Waals surface area contributed by atoms with E-state index in [0.29, 0.717) is 5.02 Å². The Kier molecular flexibility index (Phi) is 2.98. The first-order valence-electron chi connectivity index (χ1n) is 4.32. The highest BCUT2D eigenvalue weighted by Gasteiger charge is 2.34. The molecule has 15 heavy (non-hydrogen) atoms. The molecule has 1 unspecified atom stereocenters. The predicted octanol–water partition coefficient (Wildman–Crippen LogP) is 2.27. The second-order valence-electron chi connectivity index (χ2n) is 3.03. The van der Waals surface area contributed by atoms with Crippen LogP contribution in [-0.2, 0) is 14.3 Å². The Hall–Kier alpha value is -1.00. The largest absolute Gasteiger partial charge is 0.392 e. The van der Waals surface area contributed by atoms with Gasteiger partial charge in [0.25, 0.3) is 0 Å². The van der Waals surface area contributed by atoms with Crippen LogP contribution in [0.3, 0.4) is 0 Å². The summed E-state index contributed by atoms with van der Waals surface area (Å²) in [5.74, 6) is -0.950. The lowest BCUT2D eigenvalue weighted by Gasteiger charge is -2.05. The minimum absolute atomic E-state index is 0.120. The average molecular weight is 243 g/mol. The molecule has 0 bridgehead atoms. The van der Waals surface area contributed by atoms with Crippen LogP contribution >= 0.6 is 23.4 Å². The highest BCUT2D eigenvalue weighted by Crippen LogP contribution is 2.34. The fourth-order valence-corrected chi connectivity index (χ4v) is 2.52. The van der Waals surface area contributed by atoms with Gasteiger partial charge in [-0.15, -0.1) is 11.8 Å². The molecule has 0 amide bonds. The molecule has 3 nitrogen and oxygen atoms in total. The molecule has 5 heteroatoms. The van der Waals surface area contributed by atoms with E-state index in [1.165, 1.54) is 11.8 Å². The Morgan fingerprint density at radius 2 is 2.07 bits per heavy atom. The van der Waals surface area contributed by atoms with E-state index in [0.717, 1.165) is 4.90 Å². The van der Waals surface area contributed by atoms with Crippen LogP contribution < -0.4 is 0 Å². The highest BCUT2D eigenvalue weighted by atomic mass is 35.5. The van der Waals surface area contributed by atoms with Crippen LogP contribution in [0.25, 0.3) is 0 Å². The van der Waals surface area contributed by atoms with Gasteiger partial charge in [-0.3, -0.25) is 9.59 Å². The number of halogens is 1. The third-order valence-corrected chi connectivity index (χ3v) is 3.63. The summed E-state index contributed by atoms with van der Waals surface area (Å²) in [7, 11) is 0. The number of benzene rings is 1. The number of rotatable bonds is 2. The molecule has 1 fully saturated rings. The number of carbonyl (C=O) groups is 2. The fourth-order valence-electron chi connectivity index (χ4n) is 1.24. The summed E-state index contributed by atoms with van der Waals surface area (Å²) in [5, 5.41) is 0.118. The number of carbonyl (C=O) groups excluding carboxylic acids is 2. The molecule has 1 atom stereocenters. The minimum atomic E-state index is -0.482. The van der Waals surface area contributed by atoms with Crippen LogP contribution in [0.2, 0.25) is 5.02 Å². The van der Waals surface area contributed by atoms with Gasteiger partial charge in [0, 0.05) is 4.90 Å². The Labute approximate surface area is 95.7 Å². The number of thioether (sulfide) groups is 1. The molecule has 0 N–H and O–H groups in total. The van der Waals surface area contributed by atoms with Gasteiger partial charge in [0.15, 0.2) is 0 Å². The molecule has 0 aliphatic carbocycles. The Morgan fingerprint density at radius 1 is 1.33 bits per heavy atom. The second kappa shape index (κ2) is 4.24. The molecular weight excluding hydrogens is 236 g/mol. The molecular formula is C10H7ClO3S. The summed E-state index contributed by atoms with van der Waals surface area (Å²) in [6, 6.07) is 7.19. The molecule has 1 saturated heterocycles. The van der Waals surface area contributed by atoms with Gasteiger partial charge in [-0.05, 0) is 12.1 Å². The van der Waals surface area contributed by atoms with Crippen LogP contribution in [0.5, 0.6) is 0 Å². The summed E-state index contributed by atoms with van der Waals surface area (Å²) in [6.45, 7) is 0. The molecule has 0 radical (unpaired) electrons. The summed E-state index contributed by atoms with van der Waals surface area (Å²) in [5.41, 5.74) is 0. The van der Waals surface area contributed by atoms with Crippen LogP contribution in [0.15, 0.2) is 29.2 Å². The highest BCUT2D eigenvalue weighted by molar-refractivity contribution is 8.00. The van der Waals surface area contributed by atoms with Gasteiger partial charge in [0.1, 0.15) is 5.25 Å². The van der Waals surface area contributed by atoms with Crippen molar-refractivity contribution in [2.24, 2.45) is 0 Å². The van der Waals surface area contributed by atoms with E-state index >= 15 is 0 Å². The summed E-state index contributed by atoms with van der Waals surface area (Å²) in [4.78, 5) is 22.8. The summed E-state index contributed by atoms with van der Waals surface area (Å²) < 4.78 is 4.44. The van der Waals surface area contributed by atoms with Crippen LogP contribution in [-0.4, -0.2) is 17.2 Å². The molecule has 1 aliphatic rings. The smallest absolute Gasteiger partial charge is 0.327 e. The maximum absolute atomic E-state index is 11.2. The zero-order chi connectivity index (χ0) is 10.8. The topological polar surface area (TPSA) is 43.4 Å². The molecule has 1 heterocycles. The molecule has 0 saturated carbocycles. The van der Waals surface area contributed by atoms with Crippen molar-refractivity contribution in [3.05, 3.63) is 29.3 Å². The van der Waals surface area contributed by atoms with E-state index in [4.69, 9.17) is 11.6 Å². The van der Waals surface area contributed by atoms with Crippen molar-refractivity contribution >= 4 is 35.3 Å². The lowest BCUT2D eigenvalue weighted by Crippen LogP contribution is -2.09. The summed E-state index contributed by atoms with van der Waals surface area (Å²) >= 11 is 7.19. The Balaban J connectivity index is 2.13. The maximum atomic E-state index is 11.2. The van der Waals surface area contributed by atoms with Gasteiger partial charge in [-0.1, -0.05) is 23.7 Å².